The maximum Gasteiger partial charge on any atom is 1.00 e. The van der Waals surface area contributed by atoms with Gasteiger partial charge >= 0.3 is 29.6 Å². The molecule has 0 bridgehead atoms. The molecule has 0 fully saturated rings. The number of hydrogen-bond donors (Lipinski definition) is 1. The van der Waals surface area contributed by atoms with E-state index in [0.29, 0.717) is 6.42 Å². The van der Waals surface area contributed by atoms with E-state index in [1.165, 1.54) is 77.6 Å². The van der Waals surface area contributed by atoms with Gasteiger partial charge in [0.2, 0.25) is 0 Å². The third-order valence-electron chi connectivity index (χ3n) is 4.68. The fourth-order valence-corrected chi connectivity index (χ4v) is 2.83. The molecule has 0 rings (SSSR count). The molecule has 1 atom stereocenters. The van der Waals surface area contributed by atoms with Gasteiger partial charge in [-0.25, -0.2) is 0 Å². The van der Waals surface area contributed by atoms with Crippen molar-refractivity contribution in [3.8, 4) is 0 Å². The quantitative estimate of drug-likeness (QED) is 0.206. The van der Waals surface area contributed by atoms with Crippen LogP contribution in [0, 0.1) is 0 Å². The molecule has 27 heavy (non-hydrogen) atoms. The Morgan fingerprint density at radius 3 is 1.85 bits per heavy atom. The molecule has 152 valence electrons. The van der Waals surface area contributed by atoms with Crippen LogP contribution < -0.4 is 40.0 Å². The average Bonchev–Trinajstić information content (AvgIpc) is 2.62. The molecule has 0 saturated carbocycles. The van der Waals surface area contributed by atoms with Gasteiger partial charge in [0.05, 0.1) is 12.5 Å². The predicted octanol–water partition coefficient (Wildman–Crippen LogP) is 1.33. The molecule has 5 heteroatoms. The van der Waals surface area contributed by atoms with E-state index < -0.39 is 12.0 Å². The number of carboxylic acids is 1. The number of carboxylic acid groups (broad SMARTS) is 1. The summed E-state index contributed by atoms with van der Waals surface area (Å²) in [5.41, 5.74) is 0. The number of unbranched alkanes of at least 4 members (excludes halogenated alkanes) is 11. The molecule has 1 N–H and O–H groups in total. The maximum absolute atomic E-state index is 11.6. The van der Waals surface area contributed by atoms with Crippen LogP contribution in [0.4, 0.5) is 0 Å². The summed E-state index contributed by atoms with van der Waals surface area (Å²) in [7, 11) is 0. The fraction of sp³-hybridized carbons (Fsp3) is 0.818. The number of carbonyl (C=O) groups excluding carboxylic acids is 2. The Kier molecular flexibility index (Phi) is 23.8. The van der Waals surface area contributed by atoms with Gasteiger partial charge in [-0.3, -0.25) is 4.79 Å². The molecule has 0 aromatic heterocycles. The van der Waals surface area contributed by atoms with Crippen LogP contribution in [0.25, 0.3) is 0 Å². The molecular weight excluding hydrogens is 349 g/mol. The van der Waals surface area contributed by atoms with Crippen molar-refractivity contribution in [3.05, 3.63) is 12.2 Å². The van der Waals surface area contributed by atoms with Crippen molar-refractivity contribution in [2.45, 2.75) is 110 Å². The third-order valence-corrected chi connectivity index (χ3v) is 4.68. The van der Waals surface area contributed by atoms with E-state index in [2.05, 4.69) is 24.4 Å². The molecule has 4 nitrogen and oxygen atoms in total. The van der Waals surface area contributed by atoms with Gasteiger partial charge < -0.3 is 15.2 Å². The van der Waals surface area contributed by atoms with E-state index in [-0.39, 0.29) is 41.9 Å². The summed E-state index contributed by atoms with van der Waals surface area (Å²) in [6, 6.07) is -0.770. The Morgan fingerprint density at radius 1 is 0.852 bits per heavy atom. The van der Waals surface area contributed by atoms with Crippen LogP contribution in [0.15, 0.2) is 12.2 Å². The zero-order chi connectivity index (χ0) is 19.5. The molecule has 0 heterocycles. The summed E-state index contributed by atoms with van der Waals surface area (Å²) in [4.78, 5) is 22.1. The number of ketones is 1. The van der Waals surface area contributed by atoms with Gasteiger partial charge in [0, 0.05) is 12.5 Å². The predicted molar refractivity (Wildman–Crippen MR) is 107 cm³/mol. The van der Waals surface area contributed by atoms with Gasteiger partial charge in [0.25, 0.3) is 0 Å². The summed E-state index contributed by atoms with van der Waals surface area (Å²) in [6.07, 6.45) is 21.3. The Labute approximate surface area is 189 Å². The minimum absolute atomic E-state index is 0. The Morgan fingerprint density at radius 2 is 1.33 bits per heavy atom. The van der Waals surface area contributed by atoms with Crippen molar-refractivity contribution in [2.24, 2.45) is 0 Å². The fourth-order valence-electron chi connectivity index (χ4n) is 2.83. The SMILES string of the molecule is CCCCCCCC/C=C\CCCCCCCC(=O)CNC(C)C(=O)[O-].[Na+]. The number of carbonyl (C=O) groups is 2. The van der Waals surface area contributed by atoms with Crippen LogP contribution in [0.2, 0.25) is 0 Å². The van der Waals surface area contributed by atoms with Crippen molar-refractivity contribution in [2.75, 3.05) is 6.54 Å². The summed E-state index contributed by atoms with van der Waals surface area (Å²) in [5.74, 6) is -1.09. The molecule has 0 radical (unpaired) electrons. The van der Waals surface area contributed by atoms with Gasteiger partial charge in [-0.15, -0.1) is 0 Å². The van der Waals surface area contributed by atoms with E-state index in [4.69, 9.17) is 0 Å². The monoisotopic (exact) mass is 389 g/mol. The first-order chi connectivity index (χ1) is 12.6. The Hall–Kier alpha value is -0.160. The number of nitrogens with one attached hydrogen (secondary N) is 1. The van der Waals surface area contributed by atoms with Crippen molar-refractivity contribution >= 4 is 11.8 Å². The molecule has 0 aliphatic carbocycles. The minimum atomic E-state index is -1.17. The van der Waals surface area contributed by atoms with E-state index in [0.717, 1.165) is 12.8 Å². The summed E-state index contributed by atoms with van der Waals surface area (Å²) in [5, 5.41) is 13.2. The number of rotatable bonds is 19. The first kappa shape index (κ1) is 29.0. The van der Waals surface area contributed by atoms with Gasteiger partial charge in [-0.05, 0) is 39.0 Å². The molecule has 0 aromatic rings. The number of Topliss-reactive ketones (excluding diaryl/α,β-unsaturated/α-hetero) is 1. The second kappa shape index (κ2) is 22.1. The Balaban J connectivity index is 0. The van der Waals surface area contributed by atoms with Crippen LogP contribution in [-0.2, 0) is 9.59 Å². The van der Waals surface area contributed by atoms with Gasteiger partial charge in [0.15, 0.2) is 0 Å². The van der Waals surface area contributed by atoms with Gasteiger partial charge in [0.1, 0.15) is 5.78 Å². The number of allylic oxidation sites excluding steroid dienone is 2. The normalized spacial score (nSPS) is 12.1. The molecule has 0 aliphatic heterocycles. The largest absolute Gasteiger partial charge is 1.00 e. The second-order valence-electron chi connectivity index (χ2n) is 7.29. The van der Waals surface area contributed by atoms with E-state index in [1.807, 2.05) is 0 Å². The first-order valence-corrected chi connectivity index (χ1v) is 10.7. The summed E-state index contributed by atoms with van der Waals surface area (Å²) >= 11 is 0. The maximum atomic E-state index is 11.6. The standard InChI is InChI=1S/C22H41NO3.Na/c1-3-4-5-6-7-8-9-10-11-12-13-14-15-16-17-18-21(24)19-23-20(2)22(25)26;/h10-11,20,23H,3-9,12-19H2,1-2H3,(H,25,26);/q;+1/p-1/b11-10-;. The van der Waals surface area contributed by atoms with Crippen LogP contribution in [0.5, 0.6) is 0 Å². The molecule has 0 saturated heterocycles. The van der Waals surface area contributed by atoms with E-state index >= 15 is 0 Å². The summed E-state index contributed by atoms with van der Waals surface area (Å²) < 4.78 is 0. The smallest absolute Gasteiger partial charge is 0.548 e. The van der Waals surface area contributed by atoms with Crippen LogP contribution in [0.3, 0.4) is 0 Å². The average molecular weight is 390 g/mol. The van der Waals surface area contributed by atoms with Crippen LogP contribution in [-0.4, -0.2) is 24.3 Å². The summed E-state index contributed by atoms with van der Waals surface area (Å²) in [6.45, 7) is 3.87. The molecule has 0 spiro atoms. The van der Waals surface area contributed by atoms with Crippen LogP contribution >= 0.6 is 0 Å². The van der Waals surface area contributed by atoms with E-state index in [1.54, 1.807) is 0 Å². The van der Waals surface area contributed by atoms with E-state index in [9.17, 15) is 14.7 Å². The minimum Gasteiger partial charge on any atom is -0.548 e. The first-order valence-electron chi connectivity index (χ1n) is 10.7. The number of aliphatic carboxylic acids is 1. The zero-order valence-corrected chi connectivity index (χ0v) is 20.1. The van der Waals surface area contributed by atoms with Crippen molar-refractivity contribution in [1.82, 2.24) is 5.32 Å². The molecule has 0 aliphatic rings. The molecule has 0 amide bonds. The molecular formula is C22H40NNaO3. The van der Waals surface area contributed by atoms with Crippen molar-refractivity contribution < 1.29 is 44.3 Å². The number of hydrogen-bond acceptors (Lipinski definition) is 4. The molecule has 0 aromatic carbocycles. The van der Waals surface area contributed by atoms with Crippen molar-refractivity contribution in [1.29, 1.82) is 0 Å². The zero-order valence-electron chi connectivity index (χ0n) is 18.1. The van der Waals surface area contributed by atoms with Gasteiger partial charge in [-0.1, -0.05) is 70.4 Å². The second-order valence-corrected chi connectivity index (χ2v) is 7.29. The molecule has 1 unspecified atom stereocenters. The van der Waals surface area contributed by atoms with Crippen LogP contribution in [0.1, 0.15) is 104 Å². The Bertz CT molecular complexity index is 386. The topological polar surface area (TPSA) is 69.2 Å². The third kappa shape index (κ3) is 22.0. The van der Waals surface area contributed by atoms with Gasteiger partial charge in [-0.2, -0.15) is 0 Å². The van der Waals surface area contributed by atoms with Crippen molar-refractivity contribution in [3.63, 3.8) is 0 Å².